The third-order valence-electron chi connectivity index (χ3n) is 13.9. The number of amides is 2. The van der Waals surface area contributed by atoms with E-state index in [1.807, 2.05) is 73.7 Å². The summed E-state index contributed by atoms with van der Waals surface area (Å²) in [6.07, 6.45) is 15.8. The number of nitrogens with zero attached hydrogens (tertiary/aromatic N) is 4. The monoisotopic (exact) mass is 1100 g/mol. The Labute approximate surface area is 462 Å². The van der Waals surface area contributed by atoms with Crippen LogP contribution in [0.15, 0.2) is 102 Å². The van der Waals surface area contributed by atoms with Crippen LogP contribution in [0, 0.1) is 6.92 Å². The van der Waals surface area contributed by atoms with Crippen molar-refractivity contribution in [2.24, 2.45) is 4.99 Å². The summed E-state index contributed by atoms with van der Waals surface area (Å²) in [5.74, 6) is -0.212. The minimum atomic E-state index is -2.35. The lowest BCUT2D eigenvalue weighted by molar-refractivity contribution is -0.280. The number of hydrazine groups is 1. The van der Waals surface area contributed by atoms with Crippen LogP contribution in [-0.2, 0) is 14.5 Å². The molecule has 2 aliphatic heterocycles. The number of halogens is 5. The van der Waals surface area contributed by atoms with Crippen LogP contribution in [0.2, 0.25) is 20.1 Å². The van der Waals surface area contributed by atoms with Crippen LogP contribution >= 0.6 is 58.0 Å². The number of rotatable bonds is 27. The number of anilines is 4. The first-order valence-corrected chi connectivity index (χ1v) is 28.2. The van der Waals surface area contributed by atoms with E-state index in [0.29, 0.717) is 34.9 Å². The highest BCUT2D eigenvalue weighted by atomic mass is 35.5. The molecule has 2 atom stereocenters. The molecule has 7 rings (SSSR count). The van der Waals surface area contributed by atoms with Crippen molar-refractivity contribution in [2.45, 2.75) is 148 Å². The van der Waals surface area contributed by atoms with Gasteiger partial charge in [0.1, 0.15) is 17.2 Å². The van der Waals surface area contributed by atoms with E-state index in [1.54, 1.807) is 18.2 Å². The van der Waals surface area contributed by atoms with E-state index in [4.69, 9.17) is 72.6 Å². The van der Waals surface area contributed by atoms with E-state index in [2.05, 4.69) is 36.4 Å². The normalized spacial score (nSPS) is 16.2. The molecule has 2 amide bonds. The number of para-hydroxylation sites is 2. The van der Waals surface area contributed by atoms with Gasteiger partial charge in [-0.1, -0.05) is 185 Å². The van der Waals surface area contributed by atoms with Crippen LogP contribution in [0.1, 0.15) is 146 Å². The first kappa shape index (κ1) is 57.0. The Morgan fingerprint density at radius 3 is 1.95 bits per heavy atom. The average Bonchev–Trinajstić information content (AvgIpc) is 3.64. The van der Waals surface area contributed by atoms with E-state index in [0.717, 1.165) is 60.6 Å². The molecule has 1 fully saturated rings. The standard InChI is InChI=1S/C58H69Cl5N6O5/c1-5-8-9-10-11-12-13-14-15-16-17-18-19-28-53(70)64-41-29-31-46(60)49(37-41)65-56-58(63,57(71)69(66-56)55-47(61)35-40(59)36-48(55)62)68(50-32-30-42(34-39(50)4)67(7-3)33-6-2)54(74-72)38-45-43-24-20-22-26-51(43)73-52-27-23-21-25-44(45)52/h20-27,29-32,34-37,45,54,72H,5-19,28,33,38H2,1-4H3,(H,64,70)(H,65,66). The van der Waals surface area contributed by atoms with Crippen LogP contribution < -0.4 is 30.3 Å². The lowest BCUT2D eigenvalue weighted by Gasteiger charge is -2.42. The number of hydrogen-bond acceptors (Lipinski definition) is 8. The summed E-state index contributed by atoms with van der Waals surface area (Å²) in [6, 6.07) is 29.0. The Balaban J connectivity index is 1.24. The summed E-state index contributed by atoms with van der Waals surface area (Å²) < 4.78 is 6.36. The van der Waals surface area contributed by atoms with E-state index in [-0.39, 0.29) is 49.6 Å². The summed E-state index contributed by atoms with van der Waals surface area (Å²) >= 11 is 35.1. The lowest BCUT2D eigenvalue weighted by atomic mass is 9.84. The molecule has 5 aromatic carbocycles. The van der Waals surface area contributed by atoms with Gasteiger partial charge in [0.25, 0.3) is 10.9 Å². The highest BCUT2D eigenvalue weighted by molar-refractivity contribution is 6.54. The van der Waals surface area contributed by atoms with Gasteiger partial charge in [0, 0.05) is 65.1 Å². The van der Waals surface area contributed by atoms with Crippen molar-refractivity contribution in [3.63, 3.8) is 0 Å². The molecule has 0 bridgehead atoms. The predicted octanol–water partition coefficient (Wildman–Crippen LogP) is 17.4. The number of aliphatic imine (C=N–C) groups is 1. The molecule has 0 aromatic heterocycles. The number of nitrogens with one attached hydrogen (secondary N) is 2. The molecule has 396 valence electrons. The SMILES string of the molecule is CCCCCCCCCCCCCCCC(=O)Nc1ccc(Cl)c(N=C2NN(c3c(Cl)cc(Cl)cc3Cl)C(=O)C2(Cl)N(c2ccc(N(CC)CCC)cc2C)C(CC2c3ccccc3Oc3ccccc32)OO)c1. The second kappa shape index (κ2) is 27.4. The average molecular weight is 1110 g/mol. The summed E-state index contributed by atoms with van der Waals surface area (Å²) in [4.78, 5) is 41.1. The van der Waals surface area contributed by atoms with E-state index in [1.165, 1.54) is 81.2 Å². The second-order valence-electron chi connectivity index (χ2n) is 19.2. The number of hydrogen-bond donors (Lipinski definition) is 3. The molecule has 0 aliphatic carbocycles. The van der Waals surface area contributed by atoms with Crippen LogP contribution in [-0.4, -0.2) is 47.2 Å². The molecule has 74 heavy (non-hydrogen) atoms. The van der Waals surface area contributed by atoms with Crippen molar-refractivity contribution in [3.05, 3.63) is 134 Å². The maximum atomic E-state index is 15.7. The minimum Gasteiger partial charge on any atom is -0.457 e. The van der Waals surface area contributed by atoms with Gasteiger partial charge < -0.3 is 19.9 Å². The number of unbranched alkanes of at least 4 members (excludes halogenated alkanes) is 12. The van der Waals surface area contributed by atoms with Gasteiger partial charge in [-0.25, -0.2) is 20.1 Å². The van der Waals surface area contributed by atoms with Crippen molar-refractivity contribution >= 4 is 104 Å². The van der Waals surface area contributed by atoms with Crippen molar-refractivity contribution in [2.75, 3.05) is 33.2 Å². The van der Waals surface area contributed by atoms with E-state index in [9.17, 15) is 10.1 Å². The van der Waals surface area contributed by atoms with Crippen molar-refractivity contribution in [3.8, 4) is 11.5 Å². The van der Waals surface area contributed by atoms with Gasteiger partial charge in [0.2, 0.25) is 5.91 Å². The first-order chi connectivity index (χ1) is 35.8. The molecule has 11 nitrogen and oxygen atoms in total. The number of aryl methyl sites for hydroxylation is 1. The van der Waals surface area contributed by atoms with Crippen LogP contribution in [0.4, 0.5) is 28.4 Å². The fourth-order valence-electron chi connectivity index (χ4n) is 10.1. The van der Waals surface area contributed by atoms with Gasteiger partial charge in [-0.15, -0.1) is 0 Å². The zero-order valence-electron chi connectivity index (χ0n) is 42.9. The number of amidine groups is 1. The van der Waals surface area contributed by atoms with Gasteiger partial charge in [0.05, 0.1) is 20.8 Å². The highest BCUT2D eigenvalue weighted by Gasteiger charge is 2.60. The zero-order chi connectivity index (χ0) is 52.8. The molecule has 2 unspecified atom stereocenters. The second-order valence-corrected chi connectivity index (χ2v) is 21.4. The molecule has 0 radical (unpaired) electrons. The number of ether oxygens (including phenoxy) is 1. The Morgan fingerprint density at radius 1 is 0.784 bits per heavy atom. The summed E-state index contributed by atoms with van der Waals surface area (Å²) in [5.41, 5.74) is 7.61. The van der Waals surface area contributed by atoms with Gasteiger partial charge in [-0.05, 0) is 92.9 Å². The quantitative estimate of drug-likeness (QED) is 0.0119. The van der Waals surface area contributed by atoms with Gasteiger partial charge in [-0.3, -0.25) is 15.0 Å². The maximum Gasteiger partial charge on any atom is 0.295 e. The number of benzene rings is 5. The molecule has 2 heterocycles. The molecule has 0 spiro atoms. The summed E-state index contributed by atoms with van der Waals surface area (Å²) in [7, 11) is 0. The predicted molar refractivity (Wildman–Crippen MR) is 307 cm³/mol. The molecule has 3 N–H and O–H groups in total. The highest BCUT2D eigenvalue weighted by Crippen LogP contribution is 2.50. The Hall–Kier alpha value is -4.72. The number of carbonyl (C=O) groups is 2. The smallest absolute Gasteiger partial charge is 0.295 e. The minimum absolute atomic E-state index is 0.0444. The molecular formula is C58H69Cl5N6O5. The van der Waals surface area contributed by atoms with Gasteiger partial charge in [0.15, 0.2) is 12.1 Å². The number of carbonyl (C=O) groups excluding carboxylic acids is 2. The van der Waals surface area contributed by atoms with Crippen LogP contribution in [0.3, 0.4) is 0 Å². The molecule has 2 aliphatic rings. The fourth-order valence-corrected chi connectivity index (χ4v) is 11.6. The molecule has 16 heteroatoms. The molecular weight excluding hydrogens is 1040 g/mol. The topological polar surface area (TPSA) is 119 Å². The first-order valence-electron chi connectivity index (χ1n) is 26.3. The van der Waals surface area contributed by atoms with Crippen molar-refractivity contribution in [1.82, 2.24) is 5.43 Å². The van der Waals surface area contributed by atoms with E-state index >= 15 is 4.79 Å². The van der Waals surface area contributed by atoms with Gasteiger partial charge >= 0.3 is 0 Å². The van der Waals surface area contributed by atoms with Crippen molar-refractivity contribution < 1.29 is 24.5 Å². The molecule has 0 saturated carbocycles. The fraction of sp³-hybridized carbons (Fsp3) is 0.431. The van der Waals surface area contributed by atoms with Crippen LogP contribution in [0.5, 0.6) is 11.5 Å². The van der Waals surface area contributed by atoms with Crippen molar-refractivity contribution in [1.29, 1.82) is 0 Å². The third kappa shape index (κ3) is 13.6. The lowest BCUT2D eigenvalue weighted by Crippen LogP contribution is -2.59. The summed E-state index contributed by atoms with van der Waals surface area (Å²) in [5, 5.41) is 16.0. The maximum absolute atomic E-state index is 15.7. The zero-order valence-corrected chi connectivity index (χ0v) is 46.7. The Kier molecular flexibility index (Phi) is 21.1. The Bertz CT molecular complexity index is 2670. The van der Waals surface area contributed by atoms with Gasteiger partial charge in [-0.2, -0.15) is 0 Å². The Morgan fingerprint density at radius 2 is 1.38 bits per heavy atom. The molecule has 1 saturated heterocycles. The van der Waals surface area contributed by atoms with Crippen LogP contribution in [0.25, 0.3) is 0 Å². The number of fused-ring (bicyclic) bond motifs is 2. The molecule has 5 aromatic rings. The number of alkyl halides is 1. The summed E-state index contributed by atoms with van der Waals surface area (Å²) in [6.45, 7) is 9.96. The van der Waals surface area contributed by atoms with E-state index < -0.39 is 23.1 Å². The third-order valence-corrected chi connectivity index (χ3v) is 15.5. The largest absolute Gasteiger partial charge is 0.457 e.